The smallest absolute Gasteiger partial charge is 0.305 e. The molecular weight excluding hydrogens is 504 g/mol. The zero-order valence-corrected chi connectivity index (χ0v) is 28.0. The van der Waals surface area contributed by atoms with Gasteiger partial charge in [-0.15, -0.1) is 0 Å². The minimum Gasteiger partial charge on any atom is -0.466 e. The van der Waals surface area contributed by atoms with E-state index in [-0.39, 0.29) is 5.97 Å². The molecule has 0 amide bonds. The van der Waals surface area contributed by atoms with E-state index < -0.39 is 0 Å². The Kier molecular flexibility index (Phi) is 36.4. The maximum atomic E-state index is 11.9. The molecule has 0 spiro atoms. The Bertz CT molecular complexity index is 516. The first kappa shape index (κ1) is 40.2. The van der Waals surface area contributed by atoms with E-state index in [0.717, 1.165) is 25.7 Å². The molecule has 3 heteroatoms. The number of ether oxygens (including phenoxy) is 1. The van der Waals surface area contributed by atoms with E-state index in [2.05, 4.69) is 19.1 Å². The van der Waals surface area contributed by atoms with Crippen molar-refractivity contribution < 1.29 is 14.6 Å². The van der Waals surface area contributed by atoms with Crippen LogP contribution in [0.4, 0.5) is 0 Å². The molecule has 0 atom stereocenters. The SMILES string of the molecule is CCCC/C=C\CCCCCCCC(=O)OCCCCCCCCCCCCCCCCCCCCCCCCO. The molecule has 0 aromatic heterocycles. The summed E-state index contributed by atoms with van der Waals surface area (Å²) in [6.45, 7) is 3.23. The van der Waals surface area contributed by atoms with Crippen LogP contribution in [0.25, 0.3) is 0 Å². The lowest BCUT2D eigenvalue weighted by Gasteiger charge is -2.06. The third kappa shape index (κ3) is 37.1. The highest BCUT2D eigenvalue weighted by Gasteiger charge is 2.02. The summed E-state index contributed by atoms with van der Waals surface area (Å²) in [6.07, 6.45) is 45.8. The molecule has 41 heavy (non-hydrogen) atoms. The summed E-state index contributed by atoms with van der Waals surface area (Å²) in [4.78, 5) is 11.9. The molecule has 0 heterocycles. The summed E-state index contributed by atoms with van der Waals surface area (Å²) < 4.78 is 5.43. The monoisotopic (exact) mass is 579 g/mol. The largest absolute Gasteiger partial charge is 0.466 e. The normalized spacial score (nSPS) is 11.6. The van der Waals surface area contributed by atoms with Gasteiger partial charge in [0.05, 0.1) is 6.61 Å². The molecule has 0 saturated carbocycles. The standard InChI is InChI=1S/C38H74O3/c1-2-3-4-5-6-7-20-23-26-29-32-35-38(40)41-37-34-31-28-25-22-19-17-15-13-11-9-8-10-12-14-16-18-21-24-27-30-33-36-39/h5-6,39H,2-4,7-37H2,1H3/b6-5-. The summed E-state index contributed by atoms with van der Waals surface area (Å²) in [5.41, 5.74) is 0. The highest BCUT2D eigenvalue weighted by atomic mass is 16.5. The van der Waals surface area contributed by atoms with Gasteiger partial charge >= 0.3 is 5.97 Å². The zero-order valence-electron chi connectivity index (χ0n) is 28.0. The Morgan fingerprint density at radius 2 is 0.805 bits per heavy atom. The van der Waals surface area contributed by atoms with Gasteiger partial charge in [0.2, 0.25) is 0 Å². The van der Waals surface area contributed by atoms with Crippen molar-refractivity contribution in [1.82, 2.24) is 0 Å². The number of unbranched alkanes of at least 4 members (excludes halogenated alkanes) is 28. The molecule has 0 radical (unpaired) electrons. The molecule has 0 rings (SSSR count). The van der Waals surface area contributed by atoms with Crippen LogP contribution in [0.2, 0.25) is 0 Å². The van der Waals surface area contributed by atoms with E-state index in [1.165, 1.54) is 173 Å². The van der Waals surface area contributed by atoms with Crippen LogP contribution in [0, 0.1) is 0 Å². The van der Waals surface area contributed by atoms with Crippen molar-refractivity contribution >= 4 is 5.97 Å². The van der Waals surface area contributed by atoms with Crippen molar-refractivity contribution in [1.29, 1.82) is 0 Å². The lowest BCUT2D eigenvalue weighted by molar-refractivity contribution is -0.143. The second kappa shape index (κ2) is 37.2. The fraction of sp³-hybridized carbons (Fsp3) is 0.921. The maximum absolute atomic E-state index is 11.9. The molecule has 0 aromatic rings. The lowest BCUT2D eigenvalue weighted by atomic mass is 10.0. The van der Waals surface area contributed by atoms with Crippen molar-refractivity contribution in [3.63, 3.8) is 0 Å². The van der Waals surface area contributed by atoms with Crippen LogP contribution in [0.15, 0.2) is 12.2 Å². The number of hydrogen-bond acceptors (Lipinski definition) is 3. The molecule has 0 unspecified atom stereocenters. The van der Waals surface area contributed by atoms with Gasteiger partial charge in [-0.25, -0.2) is 0 Å². The Balaban J connectivity index is 3.14. The van der Waals surface area contributed by atoms with Gasteiger partial charge < -0.3 is 9.84 Å². The van der Waals surface area contributed by atoms with E-state index in [0.29, 0.717) is 19.6 Å². The molecule has 0 saturated heterocycles. The number of allylic oxidation sites excluding steroid dienone is 2. The third-order valence-electron chi connectivity index (χ3n) is 8.46. The molecule has 0 aliphatic carbocycles. The van der Waals surface area contributed by atoms with Crippen LogP contribution in [0.5, 0.6) is 0 Å². The van der Waals surface area contributed by atoms with Crippen molar-refractivity contribution in [2.75, 3.05) is 13.2 Å². The van der Waals surface area contributed by atoms with Crippen LogP contribution >= 0.6 is 0 Å². The molecule has 0 fully saturated rings. The van der Waals surface area contributed by atoms with Crippen molar-refractivity contribution in [3.05, 3.63) is 12.2 Å². The van der Waals surface area contributed by atoms with Gasteiger partial charge in [-0.2, -0.15) is 0 Å². The Labute approximate surface area is 258 Å². The van der Waals surface area contributed by atoms with E-state index in [1.54, 1.807) is 0 Å². The molecule has 0 aliphatic heterocycles. The predicted molar refractivity (Wildman–Crippen MR) is 181 cm³/mol. The Morgan fingerprint density at radius 1 is 0.463 bits per heavy atom. The summed E-state index contributed by atoms with van der Waals surface area (Å²) in [5, 5.41) is 8.79. The first-order valence-corrected chi connectivity index (χ1v) is 18.7. The van der Waals surface area contributed by atoms with Gasteiger partial charge in [0.25, 0.3) is 0 Å². The fourth-order valence-electron chi connectivity index (χ4n) is 5.63. The first-order valence-electron chi connectivity index (χ1n) is 18.7. The van der Waals surface area contributed by atoms with Crippen LogP contribution < -0.4 is 0 Å². The lowest BCUT2D eigenvalue weighted by Crippen LogP contribution is -2.05. The van der Waals surface area contributed by atoms with Crippen LogP contribution in [0.3, 0.4) is 0 Å². The molecule has 0 aromatic carbocycles. The van der Waals surface area contributed by atoms with Gasteiger partial charge in [-0.1, -0.05) is 180 Å². The van der Waals surface area contributed by atoms with Gasteiger partial charge in [0.1, 0.15) is 0 Å². The van der Waals surface area contributed by atoms with Crippen molar-refractivity contribution in [2.45, 2.75) is 212 Å². The topological polar surface area (TPSA) is 46.5 Å². The number of esters is 1. The average molecular weight is 579 g/mol. The Morgan fingerprint density at radius 3 is 1.22 bits per heavy atom. The minimum atomic E-state index is 0.0109. The number of hydrogen-bond donors (Lipinski definition) is 1. The number of carbonyl (C=O) groups excluding carboxylic acids is 1. The van der Waals surface area contributed by atoms with Gasteiger partial charge in [-0.3, -0.25) is 4.79 Å². The summed E-state index contributed by atoms with van der Waals surface area (Å²) >= 11 is 0. The quantitative estimate of drug-likeness (QED) is 0.0462. The minimum absolute atomic E-state index is 0.0109. The van der Waals surface area contributed by atoms with Crippen molar-refractivity contribution in [3.8, 4) is 0 Å². The molecular formula is C38H74O3. The van der Waals surface area contributed by atoms with Gasteiger partial charge in [0, 0.05) is 13.0 Å². The highest BCUT2D eigenvalue weighted by molar-refractivity contribution is 5.69. The average Bonchev–Trinajstić information content (AvgIpc) is 2.98. The van der Waals surface area contributed by atoms with Crippen molar-refractivity contribution in [2.24, 2.45) is 0 Å². The van der Waals surface area contributed by atoms with E-state index in [1.807, 2.05) is 0 Å². The van der Waals surface area contributed by atoms with E-state index in [9.17, 15) is 4.79 Å². The van der Waals surface area contributed by atoms with Gasteiger partial charge in [-0.05, 0) is 38.5 Å². The summed E-state index contributed by atoms with van der Waals surface area (Å²) in [6, 6.07) is 0. The third-order valence-corrected chi connectivity index (χ3v) is 8.46. The second-order valence-electron chi connectivity index (χ2n) is 12.6. The molecule has 0 aliphatic rings. The number of aliphatic hydroxyl groups is 1. The maximum Gasteiger partial charge on any atom is 0.305 e. The van der Waals surface area contributed by atoms with Gasteiger partial charge in [0.15, 0.2) is 0 Å². The molecule has 3 nitrogen and oxygen atoms in total. The molecule has 0 bridgehead atoms. The van der Waals surface area contributed by atoms with Crippen LogP contribution in [0.1, 0.15) is 212 Å². The number of rotatable bonds is 35. The zero-order chi connectivity index (χ0) is 29.7. The highest BCUT2D eigenvalue weighted by Crippen LogP contribution is 2.15. The second-order valence-corrected chi connectivity index (χ2v) is 12.6. The first-order chi connectivity index (χ1) is 20.3. The van der Waals surface area contributed by atoms with Crippen LogP contribution in [-0.2, 0) is 9.53 Å². The predicted octanol–water partition coefficient (Wildman–Crippen LogP) is 12.6. The summed E-state index contributed by atoms with van der Waals surface area (Å²) in [5.74, 6) is 0.0109. The number of carbonyl (C=O) groups is 1. The van der Waals surface area contributed by atoms with E-state index >= 15 is 0 Å². The summed E-state index contributed by atoms with van der Waals surface area (Å²) in [7, 11) is 0. The fourth-order valence-corrected chi connectivity index (χ4v) is 5.63. The van der Waals surface area contributed by atoms with E-state index in [4.69, 9.17) is 9.84 Å². The Hall–Kier alpha value is -0.830. The molecule has 244 valence electrons. The number of aliphatic hydroxyl groups excluding tert-OH is 1. The molecule has 1 N–H and O–H groups in total. The van der Waals surface area contributed by atoms with Crippen LogP contribution in [-0.4, -0.2) is 24.3 Å².